The van der Waals surface area contributed by atoms with Crippen LogP contribution in [0.5, 0.6) is 0 Å². The second-order valence-electron chi connectivity index (χ2n) is 3.52. The Morgan fingerprint density at radius 1 is 1.73 bits per heavy atom. The van der Waals surface area contributed by atoms with Gasteiger partial charge in [-0.2, -0.15) is 0 Å². The molecule has 1 aromatic rings. The molecule has 0 saturated carbocycles. The zero-order valence-electron chi connectivity index (χ0n) is 9.27. The molecule has 0 fully saturated rings. The summed E-state index contributed by atoms with van der Waals surface area (Å²) < 4.78 is 4.63. The molecular weight excluding hydrogens is 212 g/mol. The van der Waals surface area contributed by atoms with Gasteiger partial charge in [-0.25, -0.2) is 4.98 Å². The van der Waals surface area contributed by atoms with E-state index in [4.69, 9.17) is 0 Å². The molecule has 0 aliphatic heterocycles. The third kappa shape index (κ3) is 3.97. The van der Waals surface area contributed by atoms with E-state index in [1.54, 1.807) is 11.3 Å². The second-order valence-corrected chi connectivity index (χ2v) is 4.24. The lowest BCUT2D eigenvalue weighted by molar-refractivity contribution is -0.141. The highest BCUT2D eigenvalue weighted by atomic mass is 32.1. The predicted octanol–water partition coefficient (Wildman–Crippen LogP) is 1.53. The number of rotatable bonds is 5. The molecule has 0 radical (unpaired) electrons. The van der Waals surface area contributed by atoms with Gasteiger partial charge >= 0.3 is 5.97 Å². The molecule has 15 heavy (non-hydrogen) atoms. The lowest BCUT2D eigenvalue weighted by Crippen LogP contribution is -2.31. The van der Waals surface area contributed by atoms with Gasteiger partial charge in [-0.15, -0.1) is 11.3 Å². The molecule has 0 aliphatic carbocycles. The summed E-state index contributed by atoms with van der Waals surface area (Å²) in [5.74, 6) is -0.173. The Kier molecular flexibility index (Phi) is 4.71. The summed E-state index contributed by atoms with van der Waals surface area (Å²) in [6.45, 7) is 2.77. The Bertz CT molecular complexity index is 300. The number of hydrogen-bond acceptors (Lipinski definition) is 5. The van der Waals surface area contributed by atoms with Gasteiger partial charge in [0.15, 0.2) is 0 Å². The minimum absolute atomic E-state index is 0.166. The van der Waals surface area contributed by atoms with E-state index in [2.05, 4.69) is 14.6 Å². The number of esters is 1. The number of carbonyl (C=O) groups excluding carboxylic acids is 1. The van der Waals surface area contributed by atoms with Gasteiger partial charge in [-0.3, -0.25) is 9.69 Å². The van der Waals surface area contributed by atoms with Gasteiger partial charge in [0, 0.05) is 18.0 Å². The normalized spacial score (nSPS) is 12.8. The Morgan fingerprint density at radius 2 is 2.47 bits per heavy atom. The van der Waals surface area contributed by atoms with Crippen LogP contribution >= 0.6 is 11.3 Å². The quantitative estimate of drug-likeness (QED) is 0.717. The molecule has 84 valence electrons. The Morgan fingerprint density at radius 3 is 3.00 bits per heavy atom. The van der Waals surface area contributed by atoms with Gasteiger partial charge in [0.05, 0.1) is 24.7 Å². The lowest BCUT2D eigenvalue weighted by atomic mass is 10.2. The maximum atomic E-state index is 11.1. The van der Waals surface area contributed by atoms with Crippen molar-refractivity contribution in [1.82, 2.24) is 9.88 Å². The summed E-state index contributed by atoms with van der Waals surface area (Å²) in [6, 6.07) is 0.166. The molecular formula is C10H16N2O2S. The molecule has 1 rings (SSSR count). The smallest absolute Gasteiger partial charge is 0.307 e. The Balaban J connectivity index is 2.39. The van der Waals surface area contributed by atoms with Crippen molar-refractivity contribution in [2.75, 3.05) is 14.2 Å². The first-order chi connectivity index (χ1) is 7.13. The Labute approximate surface area is 93.9 Å². The molecule has 0 bridgehead atoms. The maximum absolute atomic E-state index is 11.1. The third-order valence-corrected chi connectivity index (χ3v) is 2.97. The van der Waals surface area contributed by atoms with Crippen molar-refractivity contribution < 1.29 is 9.53 Å². The summed E-state index contributed by atoms with van der Waals surface area (Å²) in [6.07, 6.45) is 0.414. The van der Waals surface area contributed by atoms with Crippen LogP contribution < -0.4 is 0 Å². The van der Waals surface area contributed by atoms with Crippen LogP contribution in [0.3, 0.4) is 0 Å². The van der Waals surface area contributed by atoms with E-state index < -0.39 is 0 Å². The monoisotopic (exact) mass is 228 g/mol. The molecule has 1 aromatic heterocycles. The highest BCUT2D eigenvalue weighted by molar-refractivity contribution is 7.07. The van der Waals surface area contributed by atoms with E-state index in [-0.39, 0.29) is 12.0 Å². The molecule has 4 nitrogen and oxygen atoms in total. The van der Waals surface area contributed by atoms with Crippen molar-refractivity contribution in [1.29, 1.82) is 0 Å². The molecule has 1 heterocycles. The van der Waals surface area contributed by atoms with E-state index >= 15 is 0 Å². The van der Waals surface area contributed by atoms with Gasteiger partial charge in [-0.05, 0) is 14.0 Å². The Hall–Kier alpha value is -0.940. The summed E-state index contributed by atoms with van der Waals surface area (Å²) in [5, 5.41) is 2.02. The molecule has 0 amide bonds. The van der Waals surface area contributed by atoms with E-state index in [0.29, 0.717) is 6.42 Å². The summed E-state index contributed by atoms with van der Waals surface area (Å²) >= 11 is 1.58. The number of nitrogens with zero attached hydrogens (tertiary/aromatic N) is 2. The number of aromatic nitrogens is 1. The van der Waals surface area contributed by atoms with E-state index in [1.165, 1.54) is 7.11 Å². The van der Waals surface area contributed by atoms with Crippen LogP contribution in [0.15, 0.2) is 10.9 Å². The zero-order chi connectivity index (χ0) is 11.3. The first kappa shape index (κ1) is 12.1. The fourth-order valence-electron chi connectivity index (χ4n) is 1.21. The molecule has 0 saturated heterocycles. The summed E-state index contributed by atoms with van der Waals surface area (Å²) in [5.41, 5.74) is 2.85. The number of methoxy groups -OCH3 is 1. The minimum atomic E-state index is -0.173. The van der Waals surface area contributed by atoms with Crippen LogP contribution in [0, 0.1) is 0 Å². The van der Waals surface area contributed by atoms with E-state index in [0.717, 1.165) is 12.2 Å². The van der Waals surface area contributed by atoms with Gasteiger partial charge in [-0.1, -0.05) is 0 Å². The number of ether oxygens (including phenoxy) is 1. The summed E-state index contributed by atoms with van der Waals surface area (Å²) in [7, 11) is 3.39. The van der Waals surface area contributed by atoms with Crippen LogP contribution in [-0.4, -0.2) is 36.1 Å². The lowest BCUT2D eigenvalue weighted by Gasteiger charge is -2.22. The van der Waals surface area contributed by atoms with Crippen molar-refractivity contribution >= 4 is 17.3 Å². The van der Waals surface area contributed by atoms with Crippen molar-refractivity contribution in [2.24, 2.45) is 0 Å². The van der Waals surface area contributed by atoms with Crippen molar-refractivity contribution in [3.05, 3.63) is 16.6 Å². The van der Waals surface area contributed by atoms with E-state index in [9.17, 15) is 4.79 Å². The highest BCUT2D eigenvalue weighted by Crippen LogP contribution is 2.09. The third-order valence-electron chi connectivity index (χ3n) is 2.34. The molecule has 1 atom stereocenters. The minimum Gasteiger partial charge on any atom is -0.469 e. The molecule has 0 spiro atoms. The predicted molar refractivity (Wildman–Crippen MR) is 59.7 cm³/mol. The first-order valence-corrected chi connectivity index (χ1v) is 5.72. The standard InChI is InChI=1S/C10H16N2O2S/c1-8(4-10(13)14-3)12(2)5-9-6-15-7-11-9/h6-8H,4-5H2,1-3H3. The van der Waals surface area contributed by atoms with Crippen molar-refractivity contribution in [3.8, 4) is 0 Å². The molecule has 0 N–H and O–H groups in total. The van der Waals surface area contributed by atoms with Gasteiger partial charge in [0.1, 0.15) is 0 Å². The maximum Gasteiger partial charge on any atom is 0.307 e. The fourth-order valence-corrected chi connectivity index (χ4v) is 1.76. The van der Waals surface area contributed by atoms with Crippen LogP contribution in [0.2, 0.25) is 0 Å². The van der Waals surface area contributed by atoms with Gasteiger partial charge in [0.25, 0.3) is 0 Å². The highest BCUT2D eigenvalue weighted by Gasteiger charge is 2.14. The summed E-state index contributed by atoms with van der Waals surface area (Å²) in [4.78, 5) is 17.4. The molecule has 0 aliphatic rings. The van der Waals surface area contributed by atoms with Crippen LogP contribution in [-0.2, 0) is 16.1 Å². The van der Waals surface area contributed by atoms with Crippen LogP contribution in [0.25, 0.3) is 0 Å². The largest absolute Gasteiger partial charge is 0.469 e. The molecule has 0 aromatic carbocycles. The second kappa shape index (κ2) is 5.82. The average molecular weight is 228 g/mol. The van der Waals surface area contributed by atoms with Gasteiger partial charge < -0.3 is 4.74 Å². The first-order valence-electron chi connectivity index (χ1n) is 4.77. The van der Waals surface area contributed by atoms with E-state index in [1.807, 2.05) is 24.9 Å². The SMILES string of the molecule is COC(=O)CC(C)N(C)Cc1cscn1. The van der Waals surface area contributed by atoms with Gasteiger partial charge in [0.2, 0.25) is 0 Å². The van der Waals surface area contributed by atoms with Crippen LogP contribution in [0.4, 0.5) is 0 Å². The average Bonchev–Trinajstić information content (AvgIpc) is 2.70. The number of thiazole rings is 1. The number of hydrogen-bond donors (Lipinski definition) is 0. The number of carbonyl (C=O) groups is 1. The molecule has 1 unspecified atom stereocenters. The van der Waals surface area contributed by atoms with Crippen molar-refractivity contribution in [3.63, 3.8) is 0 Å². The molecule has 5 heteroatoms. The van der Waals surface area contributed by atoms with Crippen molar-refractivity contribution in [2.45, 2.75) is 25.9 Å². The fraction of sp³-hybridized carbons (Fsp3) is 0.600. The zero-order valence-corrected chi connectivity index (χ0v) is 10.1. The van der Waals surface area contributed by atoms with Crippen LogP contribution in [0.1, 0.15) is 19.0 Å². The topological polar surface area (TPSA) is 42.4 Å².